The van der Waals surface area contributed by atoms with Crippen LogP contribution in [0.5, 0.6) is 0 Å². The third-order valence-electron chi connectivity index (χ3n) is 4.02. The first kappa shape index (κ1) is 19.4. The molecular formula is C20H19N3O4S. The Morgan fingerprint density at radius 2 is 1.79 bits per heavy atom. The van der Waals surface area contributed by atoms with E-state index in [0.29, 0.717) is 22.1 Å². The number of carbonyl (C=O) groups is 3. The smallest absolute Gasteiger partial charge is 0.291 e. The number of nitrogens with zero attached hydrogens (tertiary/aromatic N) is 1. The highest BCUT2D eigenvalue weighted by molar-refractivity contribution is 7.18. The van der Waals surface area contributed by atoms with Crippen LogP contribution >= 0.6 is 11.3 Å². The van der Waals surface area contributed by atoms with E-state index in [1.165, 1.54) is 13.2 Å². The van der Waals surface area contributed by atoms with Crippen molar-refractivity contribution in [1.82, 2.24) is 4.90 Å². The second kappa shape index (κ2) is 8.53. The minimum Gasteiger partial charge on any atom is -0.459 e. The Kier molecular flexibility index (Phi) is 5.90. The summed E-state index contributed by atoms with van der Waals surface area (Å²) in [6.07, 6.45) is 1.42. The van der Waals surface area contributed by atoms with Crippen molar-refractivity contribution in [2.45, 2.75) is 13.5 Å². The van der Waals surface area contributed by atoms with Gasteiger partial charge in [0.05, 0.1) is 16.1 Å². The number of rotatable bonds is 6. The predicted octanol–water partition coefficient (Wildman–Crippen LogP) is 3.82. The highest BCUT2D eigenvalue weighted by Gasteiger charge is 2.15. The zero-order valence-electron chi connectivity index (χ0n) is 15.4. The Morgan fingerprint density at radius 1 is 1.00 bits per heavy atom. The molecule has 3 amide bonds. The van der Waals surface area contributed by atoms with Gasteiger partial charge in [-0.25, -0.2) is 0 Å². The van der Waals surface area contributed by atoms with Crippen LogP contribution in [0.25, 0.3) is 0 Å². The largest absolute Gasteiger partial charge is 0.459 e. The third-order valence-corrected chi connectivity index (χ3v) is 5.02. The Bertz CT molecular complexity index is 995. The van der Waals surface area contributed by atoms with Crippen LogP contribution in [0, 0.1) is 0 Å². The van der Waals surface area contributed by atoms with E-state index < -0.39 is 0 Å². The minimum atomic E-state index is -0.378. The zero-order valence-corrected chi connectivity index (χ0v) is 16.2. The first-order valence-electron chi connectivity index (χ1n) is 8.49. The molecule has 0 unspecified atom stereocenters. The average Bonchev–Trinajstić information content (AvgIpc) is 3.35. The SMILES string of the molecule is CC(=O)N(C)Cc1ccccc1NC(=O)c1ccc(NC(=O)c2ccco2)s1. The van der Waals surface area contributed by atoms with E-state index in [0.717, 1.165) is 16.9 Å². The second-order valence-corrected chi connectivity index (χ2v) is 7.17. The number of hydrogen-bond donors (Lipinski definition) is 2. The van der Waals surface area contributed by atoms with Crippen LogP contribution in [0.1, 0.15) is 32.7 Å². The summed E-state index contributed by atoms with van der Waals surface area (Å²) in [6.45, 7) is 1.88. The molecule has 28 heavy (non-hydrogen) atoms. The maximum atomic E-state index is 12.6. The van der Waals surface area contributed by atoms with E-state index in [1.54, 1.807) is 42.3 Å². The fourth-order valence-corrected chi connectivity index (χ4v) is 3.24. The van der Waals surface area contributed by atoms with Gasteiger partial charge < -0.3 is 20.0 Å². The molecule has 3 rings (SSSR count). The molecule has 2 heterocycles. The number of amides is 3. The maximum absolute atomic E-state index is 12.6. The van der Waals surface area contributed by atoms with Gasteiger partial charge in [-0.05, 0) is 35.9 Å². The number of para-hydroxylation sites is 1. The molecule has 2 N–H and O–H groups in total. The molecule has 144 valence electrons. The molecule has 0 atom stereocenters. The highest BCUT2D eigenvalue weighted by atomic mass is 32.1. The number of hydrogen-bond acceptors (Lipinski definition) is 5. The molecule has 8 heteroatoms. The van der Waals surface area contributed by atoms with Crippen LogP contribution in [0.15, 0.2) is 59.2 Å². The van der Waals surface area contributed by atoms with Gasteiger partial charge in [0.25, 0.3) is 11.8 Å². The number of benzene rings is 1. The summed E-state index contributed by atoms with van der Waals surface area (Å²) in [5.41, 5.74) is 1.46. The van der Waals surface area contributed by atoms with E-state index in [4.69, 9.17) is 4.42 Å². The summed E-state index contributed by atoms with van der Waals surface area (Å²) < 4.78 is 5.05. The number of furan rings is 1. The summed E-state index contributed by atoms with van der Waals surface area (Å²) in [4.78, 5) is 38.1. The van der Waals surface area contributed by atoms with Crippen LogP contribution < -0.4 is 10.6 Å². The van der Waals surface area contributed by atoms with Gasteiger partial charge in [0, 0.05) is 26.2 Å². The monoisotopic (exact) mass is 397 g/mol. The fraction of sp³-hybridized carbons (Fsp3) is 0.150. The summed E-state index contributed by atoms with van der Waals surface area (Å²) in [5, 5.41) is 6.10. The van der Waals surface area contributed by atoms with Gasteiger partial charge in [-0.1, -0.05) is 18.2 Å². The molecule has 7 nitrogen and oxygen atoms in total. The van der Waals surface area contributed by atoms with E-state index in [2.05, 4.69) is 10.6 Å². The Labute approximate surface area is 166 Å². The Morgan fingerprint density at radius 3 is 2.50 bits per heavy atom. The molecular weight excluding hydrogens is 378 g/mol. The van der Waals surface area contributed by atoms with Gasteiger partial charge >= 0.3 is 0 Å². The van der Waals surface area contributed by atoms with Gasteiger partial charge in [-0.3, -0.25) is 14.4 Å². The van der Waals surface area contributed by atoms with Crippen molar-refractivity contribution in [2.24, 2.45) is 0 Å². The first-order chi connectivity index (χ1) is 13.4. The van der Waals surface area contributed by atoms with Crippen LogP contribution in [0.4, 0.5) is 10.7 Å². The Hall–Kier alpha value is -3.39. The van der Waals surface area contributed by atoms with Crippen LogP contribution in [0.2, 0.25) is 0 Å². The second-order valence-electron chi connectivity index (χ2n) is 6.08. The fourth-order valence-electron chi connectivity index (χ4n) is 2.44. The lowest BCUT2D eigenvalue weighted by Crippen LogP contribution is -2.24. The number of nitrogens with one attached hydrogen (secondary N) is 2. The molecule has 0 aliphatic carbocycles. The van der Waals surface area contributed by atoms with Gasteiger partial charge in [0.15, 0.2) is 5.76 Å². The molecule has 0 saturated carbocycles. The molecule has 2 aromatic heterocycles. The topological polar surface area (TPSA) is 91.7 Å². The average molecular weight is 397 g/mol. The summed E-state index contributed by atoms with van der Waals surface area (Å²) in [7, 11) is 1.70. The quantitative estimate of drug-likeness (QED) is 0.661. The van der Waals surface area contributed by atoms with Crippen molar-refractivity contribution in [3.8, 4) is 0 Å². The van der Waals surface area contributed by atoms with Crippen molar-refractivity contribution < 1.29 is 18.8 Å². The van der Waals surface area contributed by atoms with E-state index in [-0.39, 0.29) is 23.5 Å². The zero-order chi connectivity index (χ0) is 20.1. The normalized spacial score (nSPS) is 10.4. The molecule has 0 bridgehead atoms. The molecule has 0 aliphatic heterocycles. The molecule has 3 aromatic rings. The molecule has 0 saturated heterocycles. The van der Waals surface area contributed by atoms with Gasteiger partial charge in [0.1, 0.15) is 0 Å². The van der Waals surface area contributed by atoms with Crippen molar-refractivity contribution in [2.75, 3.05) is 17.7 Å². The van der Waals surface area contributed by atoms with Crippen LogP contribution in [-0.4, -0.2) is 29.7 Å². The van der Waals surface area contributed by atoms with E-state index >= 15 is 0 Å². The number of carbonyl (C=O) groups excluding carboxylic acids is 3. The highest BCUT2D eigenvalue weighted by Crippen LogP contribution is 2.25. The van der Waals surface area contributed by atoms with E-state index in [9.17, 15) is 14.4 Å². The van der Waals surface area contributed by atoms with Crippen molar-refractivity contribution >= 4 is 39.7 Å². The molecule has 0 aliphatic rings. The summed E-state index contributed by atoms with van der Waals surface area (Å²) >= 11 is 1.16. The standard InChI is InChI=1S/C20H19N3O4S/c1-13(24)23(2)12-14-6-3-4-7-15(14)21-20(26)17-9-10-18(28-17)22-19(25)16-8-5-11-27-16/h3-11H,12H2,1-2H3,(H,21,26)(H,22,25). The number of anilines is 2. The molecule has 0 fully saturated rings. The van der Waals surface area contributed by atoms with Crippen molar-refractivity contribution in [1.29, 1.82) is 0 Å². The molecule has 1 aromatic carbocycles. The molecule has 0 spiro atoms. The first-order valence-corrected chi connectivity index (χ1v) is 9.31. The van der Waals surface area contributed by atoms with E-state index in [1.807, 2.05) is 18.2 Å². The summed E-state index contributed by atoms with van der Waals surface area (Å²) in [5.74, 6) is -0.530. The van der Waals surface area contributed by atoms with Crippen molar-refractivity contribution in [3.63, 3.8) is 0 Å². The van der Waals surface area contributed by atoms with Crippen LogP contribution in [-0.2, 0) is 11.3 Å². The maximum Gasteiger partial charge on any atom is 0.291 e. The lowest BCUT2D eigenvalue weighted by atomic mass is 10.1. The predicted molar refractivity (Wildman–Crippen MR) is 108 cm³/mol. The lowest BCUT2D eigenvalue weighted by Gasteiger charge is -2.17. The minimum absolute atomic E-state index is 0.0590. The van der Waals surface area contributed by atoms with Crippen molar-refractivity contribution in [3.05, 3.63) is 71.0 Å². The van der Waals surface area contributed by atoms with Gasteiger partial charge in [-0.2, -0.15) is 0 Å². The Balaban J connectivity index is 1.68. The lowest BCUT2D eigenvalue weighted by molar-refractivity contribution is -0.128. The number of thiophene rings is 1. The molecule has 0 radical (unpaired) electrons. The third kappa shape index (κ3) is 4.66. The van der Waals surface area contributed by atoms with Crippen LogP contribution in [0.3, 0.4) is 0 Å². The summed E-state index contributed by atoms with van der Waals surface area (Å²) in [6, 6.07) is 13.8. The van der Waals surface area contributed by atoms with Gasteiger partial charge in [0.2, 0.25) is 5.91 Å². The van der Waals surface area contributed by atoms with Gasteiger partial charge in [-0.15, -0.1) is 11.3 Å².